The molecular formula is C48H70O6. The molecule has 14 atom stereocenters. The van der Waals surface area contributed by atoms with E-state index in [2.05, 4.69) is 70.7 Å². The first-order valence-corrected chi connectivity index (χ1v) is 22.0. The summed E-state index contributed by atoms with van der Waals surface area (Å²) in [6.07, 6.45) is 14.3. The van der Waals surface area contributed by atoms with Crippen LogP contribution in [0.25, 0.3) is 0 Å². The molecule has 7 aliphatic rings. The Hall–Kier alpha value is -1.91. The van der Waals surface area contributed by atoms with E-state index in [1.165, 1.54) is 0 Å². The molecule has 4 N–H and O–H groups in total. The minimum atomic E-state index is -1.45. The minimum Gasteiger partial charge on any atom is -0.481 e. The Morgan fingerprint density at radius 1 is 0.870 bits per heavy atom. The predicted molar refractivity (Wildman–Crippen MR) is 211 cm³/mol. The van der Waals surface area contributed by atoms with Gasteiger partial charge >= 0.3 is 5.97 Å². The largest absolute Gasteiger partial charge is 0.481 e. The third kappa shape index (κ3) is 4.59. The molecule has 4 bridgehead atoms. The van der Waals surface area contributed by atoms with Gasteiger partial charge in [-0.15, -0.1) is 5.92 Å². The van der Waals surface area contributed by atoms with Crippen LogP contribution in [0, 0.1) is 72.9 Å². The highest BCUT2D eigenvalue weighted by Crippen LogP contribution is 2.88. The maximum atomic E-state index is 13.1. The van der Waals surface area contributed by atoms with Crippen LogP contribution >= 0.6 is 0 Å². The van der Waals surface area contributed by atoms with Crippen LogP contribution in [0.5, 0.6) is 0 Å². The van der Waals surface area contributed by atoms with Crippen LogP contribution in [0.1, 0.15) is 156 Å². The number of aliphatic hydroxyl groups is 3. The number of ether oxygens (including phenoxy) is 1. The third-order valence-corrected chi connectivity index (χ3v) is 19.5. The van der Waals surface area contributed by atoms with Gasteiger partial charge in [-0.25, -0.2) is 0 Å². The second-order valence-corrected chi connectivity index (χ2v) is 21.1. The Labute approximate surface area is 325 Å². The standard InChI is InChI=1S/C48H70O6/c1-7-13-33-17-12-19-45-27-28-46-35(14-8-2)48(53,54-38(46)29-34-15-10-9-11-16-34)31-37(50)47(46,32-49)43(45,6)25-26-44(20-18-33)36-30-41(4,39(51)52)22-21-40(36,3)23-24-42(44,45)5/h9-11,15-16,33,35-38,49-50,53H,7-8,13-14,17-18,20-32H2,1-6H3,(H,51,52)/t33-,35-,36-,37-,38-,40-,41-,42+,43-,44+,45-,46-,47+,48+/m1/s1. The fraction of sp³-hybridized carbons (Fsp3) is 0.812. The lowest BCUT2D eigenvalue weighted by atomic mass is 9.21. The first-order valence-electron chi connectivity index (χ1n) is 22.0. The maximum absolute atomic E-state index is 13.1. The van der Waals surface area contributed by atoms with Crippen LogP contribution in [0.2, 0.25) is 0 Å². The number of benzene rings is 1. The fourth-order valence-electron chi connectivity index (χ4n) is 16.8. The summed E-state index contributed by atoms with van der Waals surface area (Å²) in [5.74, 6) is 6.57. The van der Waals surface area contributed by atoms with Crippen molar-refractivity contribution >= 4 is 5.97 Å². The Morgan fingerprint density at radius 2 is 1.57 bits per heavy atom. The van der Waals surface area contributed by atoms with E-state index in [1.807, 2.05) is 13.0 Å². The fourth-order valence-corrected chi connectivity index (χ4v) is 16.8. The van der Waals surface area contributed by atoms with Crippen molar-refractivity contribution in [2.24, 2.45) is 61.1 Å². The number of rotatable bonds is 8. The first kappa shape index (κ1) is 38.9. The average molecular weight is 743 g/mol. The molecule has 0 radical (unpaired) electrons. The van der Waals surface area contributed by atoms with Gasteiger partial charge in [0.1, 0.15) is 0 Å². The number of fused-ring (bicyclic) bond motifs is 3. The number of carboxylic acid groups (broad SMARTS) is 1. The van der Waals surface area contributed by atoms with E-state index < -0.39 is 44.9 Å². The predicted octanol–water partition coefficient (Wildman–Crippen LogP) is 9.33. The third-order valence-electron chi connectivity index (χ3n) is 19.5. The first-order chi connectivity index (χ1) is 25.6. The molecule has 2 spiro atoms. The summed E-state index contributed by atoms with van der Waals surface area (Å²) in [7, 11) is 0. The Morgan fingerprint density at radius 3 is 2.26 bits per heavy atom. The van der Waals surface area contributed by atoms with Crippen LogP contribution in [0.4, 0.5) is 0 Å². The molecule has 6 nitrogen and oxygen atoms in total. The molecule has 1 saturated heterocycles. The molecule has 0 aromatic heterocycles. The highest BCUT2D eigenvalue weighted by atomic mass is 16.6. The minimum absolute atomic E-state index is 0.0723. The molecule has 0 amide bonds. The topological polar surface area (TPSA) is 107 Å². The number of aliphatic hydroxyl groups excluding tert-OH is 2. The Bertz CT molecular complexity index is 1680. The zero-order valence-electron chi connectivity index (χ0n) is 34.3. The van der Waals surface area contributed by atoms with Gasteiger partial charge < -0.3 is 25.2 Å². The summed E-state index contributed by atoms with van der Waals surface area (Å²) in [6, 6.07) is 10.5. The summed E-state index contributed by atoms with van der Waals surface area (Å²) in [6.45, 7) is 13.8. The molecule has 5 saturated carbocycles. The molecule has 6 fully saturated rings. The number of carboxylic acids is 1. The molecule has 8 rings (SSSR count). The lowest BCUT2D eigenvalue weighted by molar-refractivity contribution is -0.357. The Kier molecular flexibility index (Phi) is 9.23. The van der Waals surface area contributed by atoms with Crippen LogP contribution in [0.3, 0.4) is 0 Å². The van der Waals surface area contributed by atoms with E-state index in [4.69, 9.17) is 4.74 Å². The second kappa shape index (κ2) is 12.8. The van der Waals surface area contributed by atoms with Crippen LogP contribution in [-0.4, -0.2) is 51.0 Å². The van der Waals surface area contributed by atoms with Crippen molar-refractivity contribution in [3.05, 3.63) is 35.9 Å². The Balaban J connectivity index is 1.37. The lowest BCUT2D eigenvalue weighted by Crippen LogP contribution is -2.80. The molecule has 1 aromatic carbocycles. The van der Waals surface area contributed by atoms with Gasteiger partial charge in [-0.3, -0.25) is 4.79 Å². The summed E-state index contributed by atoms with van der Waals surface area (Å²) >= 11 is 0. The van der Waals surface area contributed by atoms with Crippen molar-refractivity contribution in [2.75, 3.05) is 6.61 Å². The zero-order valence-corrected chi connectivity index (χ0v) is 34.3. The van der Waals surface area contributed by atoms with E-state index in [1.54, 1.807) is 0 Å². The van der Waals surface area contributed by atoms with Crippen molar-refractivity contribution in [2.45, 2.75) is 175 Å². The average Bonchev–Trinajstić information content (AvgIpc) is 3.31. The van der Waals surface area contributed by atoms with Gasteiger partial charge in [0.15, 0.2) is 5.79 Å². The summed E-state index contributed by atoms with van der Waals surface area (Å²) in [5, 5.41) is 48.7. The highest BCUT2D eigenvalue weighted by molar-refractivity contribution is 5.74. The van der Waals surface area contributed by atoms with Crippen LogP contribution in [-0.2, 0) is 16.0 Å². The molecule has 298 valence electrons. The van der Waals surface area contributed by atoms with Crippen molar-refractivity contribution in [1.82, 2.24) is 0 Å². The molecule has 1 heterocycles. The number of hydrogen-bond acceptors (Lipinski definition) is 5. The summed E-state index contributed by atoms with van der Waals surface area (Å²) in [4.78, 5) is 13.1. The van der Waals surface area contributed by atoms with Crippen LogP contribution < -0.4 is 0 Å². The van der Waals surface area contributed by atoms with Crippen LogP contribution in [0.15, 0.2) is 30.3 Å². The smallest absolute Gasteiger partial charge is 0.309 e. The molecule has 1 aliphatic heterocycles. The van der Waals surface area contributed by atoms with Crippen molar-refractivity contribution in [3.63, 3.8) is 0 Å². The van der Waals surface area contributed by atoms with E-state index >= 15 is 0 Å². The molecule has 0 unspecified atom stereocenters. The number of aliphatic carboxylic acids is 1. The number of carbonyl (C=O) groups is 1. The van der Waals surface area contributed by atoms with Gasteiger partial charge in [0.2, 0.25) is 0 Å². The normalized spacial score (nSPS) is 51.8. The van der Waals surface area contributed by atoms with Gasteiger partial charge in [-0.1, -0.05) is 83.7 Å². The van der Waals surface area contributed by atoms with E-state index in [0.717, 1.165) is 102 Å². The second-order valence-electron chi connectivity index (χ2n) is 21.1. The van der Waals surface area contributed by atoms with E-state index in [0.29, 0.717) is 18.8 Å². The summed E-state index contributed by atoms with van der Waals surface area (Å²) in [5.41, 5.74) is -2.60. The SMILES string of the molecule is CCC[C@@H]1CC#C[C@]23CC[C@]45[C@@H](CCC)[C@](O)(C[C@@H](O)[C@@]4(CO)[C@]2(C)CC[C@@]2(CC1)[C@@H]1C[C@](C)(C(=O)O)CC[C@]1(C)CC[C@@]23C)O[C@@H]5Cc1ccccc1. The molecule has 6 aliphatic carbocycles. The van der Waals surface area contributed by atoms with Crippen molar-refractivity contribution in [1.29, 1.82) is 0 Å². The van der Waals surface area contributed by atoms with Gasteiger partial charge in [-0.05, 0) is 136 Å². The van der Waals surface area contributed by atoms with Gasteiger partial charge in [-0.2, -0.15) is 0 Å². The quantitative estimate of drug-likeness (QED) is 0.198. The van der Waals surface area contributed by atoms with Gasteiger partial charge in [0.05, 0.1) is 24.2 Å². The van der Waals surface area contributed by atoms with E-state index in [9.17, 15) is 25.2 Å². The zero-order chi connectivity index (χ0) is 38.6. The maximum Gasteiger partial charge on any atom is 0.309 e. The van der Waals surface area contributed by atoms with Crippen molar-refractivity contribution in [3.8, 4) is 11.8 Å². The summed E-state index contributed by atoms with van der Waals surface area (Å²) < 4.78 is 6.98. The van der Waals surface area contributed by atoms with Gasteiger partial charge in [0.25, 0.3) is 0 Å². The molecular weight excluding hydrogens is 673 g/mol. The highest BCUT2D eigenvalue weighted by Gasteiger charge is 2.87. The van der Waals surface area contributed by atoms with Gasteiger partial charge in [0, 0.05) is 35.0 Å². The lowest BCUT2D eigenvalue weighted by Gasteiger charge is -2.81. The molecule has 1 aromatic rings. The monoisotopic (exact) mass is 743 g/mol. The van der Waals surface area contributed by atoms with Crippen molar-refractivity contribution < 1.29 is 30.0 Å². The number of hydrogen-bond donors (Lipinski definition) is 4. The molecule has 6 heteroatoms. The molecule has 54 heavy (non-hydrogen) atoms. The van der Waals surface area contributed by atoms with E-state index in [-0.39, 0.29) is 47.2 Å².